The monoisotopic (exact) mass is 361 g/mol. The molecule has 9 heteroatoms. The summed E-state index contributed by atoms with van der Waals surface area (Å²) in [5.41, 5.74) is 0.626. The Morgan fingerprint density at radius 1 is 1.28 bits per heavy atom. The van der Waals surface area contributed by atoms with Crippen LogP contribution in [-0.4, -0.2) is 37.1 Å². The smallest absolute Gasteiger partial charge is 0.329 e. The van der Waals surface area contributed by atoms with Gasteiger partial charge in [0.2, 0.25) is 0 Å². The van der Waals surface area contributed by atoms with E-state index in [1.165, 1.54) is 15.6 Å². The van der Waals surface area contributed by atoms with Crippen molar-refractivity contribution in [2.24, 2.45) is 0 Å². The molecule has 0 spiro atoms. The van der Waals surface area contributed by atoms with Gasteiger partial charge >= 0.3 is 5.97 Å². The van der Waals surface area contributed by atoms with E-state index in [9.17, 15) is 9.59 Å². The molecule has 1 unspecified atom stereocenters. The molecule has 0 fully saturated rings. The van der Waals surface area contributed by atoms with Crippen LogP contribution < -0.4 is 5.56 Å². The van der Waals surface area contributed by atoms with Gasteiger partial charge in [0.1, 0.15) is 12.4 Å². The van der Waals surface area contributed by atoms with Crippen LogP contribution in [0.1, 0.15) is 26.3 Å². The molecular weight excluding hydrogens is 346 g/mol. The molecule has 3 rings (SSSR count). The van der Waals surface area contributed by atoms with Crippen molar-refractivity contribution in [1.29, 1.82) is 0 Å². The average Bonchev–Trinajstić information content (AvgIpc) is 3.03. The predicted molar refractivity (Wildman–Crippen MR) is 91.9 cm³/mol. The summed E-state index contributed by atoms with van der Waals surface area (Å²) < 4.78 is 7.71. The lowest BCUT2D eigenvalue weighted by Gasteiger charge is -2.15. The average molecular weight is 362 g/mol. The van der Waals surface area contributed by atoms with Gasteiger partial charge in [0.05, 0.1) is 12.3 Å². The second-order valence-electron chi connectivity index (χ2n) is 5.28. The molecule has 0 saturated carbocycles. The summed E-state index contributed by atoms with van der Waals surface area (Å²) >= 11 is 5.89. The van der Waals surface area contributed by atoms with Gasteiger partial charge in [0.15, 0.2) is 11.2 Å². The number of carbonyl (C=O) groups is 1. The Kier molecular flexibility index (Phi) is 4.80. The number of benzene rings is 1. The molecule has 2 aromatic heterocycles. The van der Waals surface area contributed by atoms with Crippen molar-refractivity contribution in [3.05, 3.63) is 46.0 Å². The molecule has 0 radical (unpaired) electrons. The van der Waals surface area contributed by atoms with Crippen LogP contribution in [0.2, 0.25) is 5.02 Å². The Hall–Kier alpha value is -2.74. The summed E-state index contributed by atoms with van der Waals surface area (Å²) in [6.45, 7) is 3.75. The van der Waals surface area contributed by atoms with Gasteiger partial charge in [-0.3, -0.25) is 9.36 Å². The first-order valence-corrected chi connectivity index (χ1v) is 8.19. The fraction of sp³-hybridized carbons (Fsp3) is 0.312. The molecule has 0 saturated heterocycles. The highest BCUT2D eigenvalue weighted by Gasteiger charge is 2.23. The Balaban J connectivity index is 2.09. The highest BCUT2D eigenvalue weighted by molar-refractivity contribution is 6.30. The number of rotatable bonds is 5. The van der Waals surface area contributed by atoms with Crippen LogP contribution in [0, 0.1) is 0 Å². The normalized spacial score (nSPS) is 12.3. The van der Waals surface area contributed by atoms with Crippen molar-refractivity contribution in [2.45, 2.75) is 26.3 Å². The van der Waals surface area contributed by atoms with E-state index in [-0.39, 0.29) is 12.1 Å². The minimum Gasteiger partial charge on any atom is -0.464 e. The Bertz CT molecular complexity index is 964. The second kappa shape index (κ2) is 7.02. The fourth-order valence-corrected chi connectivity index (χ4v) is 2.64. The van der Waals surface area contributed by atoms with Gasteiger partial charge < -0.3 is 4.74 Å². The number of ether oxygens (including phenoxy) is 1. The van der Waals surface area contributed by atoms with Gasteiger partial charge in [0, 0.05) is 5.02 Å². The summed E-state index contributed by atoms with van der Waals surface area (Å²) in [5.74, 6) is -0.474. The minimum absolute atomic E-state index is 0.0835. The highest BCUT2D eigenvalue weighted by atomic mass is 35.5. The van der Waals surface area contributed by atoms with Crippen LogP contribution in [0.5, 0.6) is 0 Å². The molecule has 8 nitrogen and oxygen atoms in total. The van der Waals surface area contributed by atoms with E-state index >= 15 is 0 Å². The first-order valence-electron chi connectivity index (χ1n) is 7.82. The van der Waals surface area contributed by atoms with Gasteiger partial charge in [-0.05, 0) is 37.6 Å². The number of aromatic nitrogens is 5. The van der Waals surface area contributed by atoms with Crippen molar-refractivity contribution >= 4 is 28.7 Å². The van der Waals surface area contributed by atoms with E-state index in [1.807, 2.05) is 0 Å². The molecule has 1 aromatic carbocycles. The molecule has 2 heterocycles. The number of carbonyl (C=O) groups excluding carboxylic acids is 1. The van der Waals surface area contributed by atoms with E-state index in [1.54, 1.807) is 38.1 Å². The molecule has 0 N–H and O–H groups in total. The maximum Gasteiger partial charge on any atom is 0.329 e. The Morgan fingerprint density at radius 3 is 2.64 bits per heavy atom. The SMILES string of the molecule is CCOC(=O)C(CC)n1cnc2c(nnn2-c2ccc(Cl)cc2)c1=O. The van der Waals surface area contributed by atoms with E-state index < -0.39 is 17.6 Å². The number of nitrogens with zero attached hydrogens (tertiary/aromatic N) is 5. The van der Waals surface area contributed by atoms with Crippen LogP contribution in [0.25, 0.3) is 16.9 Å². The van der Waals surface area contributed by atoms with Crippen LogP contribution >= 0.6 is 11.6 Å². The lowest BCUT2D eigenvalue weighted by Crippen LogP contribution is -2.31. The van der Waals surface area contributed by atoms with Gasteiger partial charge in [-0.1, -0.05) is 23.7 Å². The highest BCUT2D eigenvalue weighted by Crippen LogP contribution is 2.17. The number of hydrogen-bond donors (Lipinski definition) is 0. The molecule has 0 bridgehead atoms. The molecule has 0 aliphatic rings. The topological polar surface area (TPSA) is 91.9 Å². The van der Waals surface area contributed by atoms with Gasteiger partial charge in [-0.2, -0.15) is 4.68 Å². The molecule has 0 aliphatic heterocycles. The van der Waals surface area contributed by atoms with Crippen LogP contribution in [0.4, 0.5) is 0 Å². The van der Waals surface area contributed by atoms with Crippen molar-refractivity contribution in [2.75, 3.05) is 6.61 Å². The number of hydrogen-bond acceptors (Lipinski definition) is 6. The maximum atomic E-state index is 12.7. The summed E-state index contributed by atoms with van der Waals surface area (Å²) in [7, 11) is 0. The van der Waals surface area contributed by atoms with E-state index in [0.29, 0.717) is 22.8 Å². The summed E-state index contributed by atoms with van der Waals surface area (Å²) in [5, 5.41) is 8.51. The lowest BCUT2D eigenvalue weighted by molar-refractivity contribution is -0.147. The molecule has 0 amide bonds. The van der Waals surface area contributed by atoms with Crippen molar-refractivity contribution in [3.63, 3.8) is 0 Å². The largest absolute Gasteiger partial charge is 0.464 e. The molecular formula is C16H16ClN5O3. The predicted octanol–water partition coefficient (Wildman–Crippen LogP) is 2.14. The summed E-state index contributed by atoms with van der Waals surface area (Å²) in [4.78, 5) is 29.0. The maximum absolute atomic E-state index is 12.7. The Morgan fingerprint density at radius 2 is 2.00 bits per heavy atom. The summed E-state index contributed by atoms with van der Waals surface area (Å²) in [6.07, 6.45) is 1.72. The fourth-order valence-electron chi connectivity index (χ4n) is 2.52. The minimum atomic E-state index is -0.745. The zero-order chi connectivity index (χ0) is 18.0. The van der Waals surface area contributed by atoms with E-state index in [4.69, 9.17) is 16.3 Å². The molecule has 1 atom stereocenters. The standard InChI is InChI=1S/C16H16ClN5O3/c1-3-12(16(24)25-4-2)21-9-18-14-13(15(21)23)19-20-22(14)11-7-5-10(17)6-8-11/h5-9,12H,3-4H2,1-2H3. The second-order valence-corrected chi connectivity index (χ2v) is 5.72. The molecule has 130 valence electrons. The quantitative estimate of drug-likeness (QED) is 0.646. The third-order valence-electron chi connectivity index (χ3n) is 3.74. The van der Waals surface area contributed by atoms with Gasteiger partial charge in [-0.25, -0.2) is 9.78 Å². The van der Waals surface area contributed by atoms with Crippen molar-refractivity contribution in [3.8, 4) is 5.69 Å². The molecule has 25 heavy (non-hydrogen) atoms. The Labute approximate surface area is 148 Å². The molecule has 3 aromatic rings. The number of fused-ring (bicyclic) bond motifs is 1. The zero-order valence-electron chi connectivity index (χ0n) is 13.7. The first kappa shape index (κ1) is 17.1. The van der Waals surface area contributed by atoms with Crippen molar-refractivity contribution in [1.82, 2.24) is 24.5 Å². The molecule has 0 aliphatic carbocycles. The zero-order valence-corrected chi connectivity index (χ0v) is 14.5. The lowest BCUT2D eigenvalue weighted by atomic mass is 10.2. The van der Waals surface area contributed by atoms with E-state index in [0.717, 1.165) is 0 Å². The number of halogens is 1. The first-order chi connectivity index (χ1) is 12.1. The summed E-state index contributed by atoms with van der Waals surface area (Å²) in [6, 6.07) is 6.16. The van der Waals surface area contributed by atoms with Gasteiger partial charge in [-0.15, -0.1) is 5.10 Å². The van der Waals surface area contributed by atoms with Crippen molar-refractivity contribution < 1.29 is 9.53 Å². The van der Waals surface area contributed by atoms with Crippen LogP contribution in [0.3, 0.4) is 0 Å². The van der Waals surface area contributed by atoms with Crippen LogP contribution in [0.15, 0.2) is 35.4 Å². The van der Waals surface area contributed by atoms with Crippen LogP contribution in [-0.2, 0) is 9.53 Å². The van der Waals surface area contributed by atoms with Gasteiger partial charge in [0.25, 0.3) is 5.56 Å². The third-order valence-corrected chi connectivity index (χ3v) is 3.99. The number of esters is 1. The third kappa shape index (κ3) is 3.12. The van der Waals surface area contributed by atoms with E-state index in [2.05, 4.69) is 15.3 Å².